The van der Waals surface area contributed by atoms with Gasteiger partial charge < -0.3 is 15.7 Å². The summed E-state index contributed by atoms with van der Waals surface area (Å²) in [5, 5.41) is 21.6. The van der Waals surface area contributed by atoms with Crippen molar-refractivity contribution < 1.29 is 27.9 Å². The van der Waals surface area contributed by atoms with E-state index < -0.39 is 35.7 Å². The van der Waals surface area contributed by atoms with Crippen molar-refractivity contribution in [1.82, 2.24) is 5.32 Å². The number of rotatable bonds is 5. The van der Waals surface area contributed by atoms with E-state index in [4.69, 9.17) is 10.4 Å². The number of alkyl halides is 3. The normalized spacial score (nSPS) is 10.6. The van der Waals surface area contributed by atoms with Crippen LogP contribution in [0.4, 0.5) is 18.9 Å². The van der Waals surface area contributed by atoms with Crippen molar-refractivity contribution in [3.8, 4) is 6.07 Å². The van der Waals surface area contributed by atoms with E-state index in [2.05, 4.69) is 10.6 Å². The van der Waals surface area contributed by atoms with E-state index in [-0.39, 0.29) is 12.2 Å². The number of aliphatic carboxylic acids is 1. The highest BCUT2D eigenvalue weighted by Gasteiger charge is 2.33. The van der Waals surface area contributed by atoms with Gasteiger partial charge in [0.25, 0.3) is 0 Å². The molecule has 1 rings (SSSR count). The topological polar surface area (TPSA) is 102 Å². The van der Waals surface area contributed by atoms with Crippen molar-refractivity contribution in [2.24, 2.45) is 0 Å². The highest BCUT2D eigenvalue weighted by Crippen LogP contribution is 2.32. The van der Waals surface area contributed by atoms with Crippen molar-refractivity contribution in [3.05, 3.63) is 29.3 Å². The number of carboxylic acids is 1. The largest absolute Gasteiger partial charge is 0.480 e. The van der Waals surface area contributed by atoms with E-state index in [9.17, 15) is 22.8 Å². The Kier molecular flexibility index (Phi) is 5.12. The van der Waals surface area contributed by atoms with Gasteiger partial charge in [-0.2, -0.15) is 18.4 Å². The summed E-state index contributed by atoms with van der Waals surface area (Å²) in [5.41, 5.74) is -1.49. The van der Waals surface area contributed by atoms with Crippen LogP contribution >= 0.6 is 0 Å². The summed E-state index contributed by atoms with van der Waals surface area (Å²) in [6.45, 7) is -0.888. The van der Waals surface area contributed by atoms with Crippen molar-refractivity contribution in [3.63, 3.8) is 0 Å². The summed E-state index contributed by atoms with van der Waals surface area (Å²) in [6, 6.07) is 4.21. The van der Waals surface area contributed by atoms with Crippen molar-refractivity contribution >= 4 is 17.6 Å². The maximum absolute atomic E-state index is 12.6. The number of anilines is 1. The van der Waals surface area contributed by atoms with Gasteiger partial charge in [0, 0.05) is 5.69 Å². The third-order valence-corrected chi connectivity index (χ3v) is 2.34. The Morgan fingerprint density at radius 1 is 1.29 bits per heavy atom. The van der Waals surface area contributed by atoms with Crippen LogP contribution in [0, 0.1) is 11.3 Å². The fraction of sp³-hybridized carbons (Fsp3) is 0.250. The average Bonchev–Trinajstić information content (AvgIpc) is 2.41. The minimum Gasteiger partial charge on any atom is -0.480 e. The lowest BCUT2D eigenvalue weighted by Crippen LogP contribution is -2.33. The van der Waals surface area contributed by atoms with E-state index in [1.54, 1.807) is 0 Å². The summed E-state index contributed by atoms with van der Waals surface area (Å²) >= 11 is 0. The van der Waals surface area contributed by atoms with Crippen LogP contribution in [-0.2, 0) is 15.8 Å². The number of amides is 1. The lowest BCUT2D eigenvalue weighted by Gasteiger charge is -2.11. The molecule has 0 aliphatic carbocycles. The van der Waals surface area contributed by atoms with Crippen LogP contribution < -0.4 is 10.6 Å². The Balaban J connectivity index is 2.72. The van der Waals surface area contributed by atoms with Gasteiger partial charge in [0.15, 0.2) is 0 Å². The Hall–Kier alpha value is -2.76. The summed E-state index contributed by atoms with van der Waals surface area (Å²) in [6.07, 6.45) is -4.64. The molecule has 0 spiro atoms. The zero-order chi connectivity index (χ0) is 16.0. The van der Waals surface area contributed by atoms with E-state index in [1.165, 1.54) is 6.07 Å². The lowest BCUT2D eigenvalue weighted by molar-refractivity contribution is -0.138. The van der Waals surface area contributed by atoms with Crippen LogP contribution in [-0.4, -0.2) is 30.1 Å². The Morgan fingerprint density at radius 2 is 1.95 bits per heavy atom. The number of hydrogen-bond donors (Lipinski definition) is 3. The molecule has 0 aliphatic heterocycles. The van der Waals surface area contributed by atoms with Gasteiger partial charge in [-0.05, 0) is 18.2 Å². The highest BCUT2D eigenvalue weighted by molar-refractivity contribution is 5.84. The highest BCUT2D eigenvalue weighted by atomic mass is 19.4. The van der Waals surface area contributed by atoms with Gasteiger partial charge in [-0.1, -0.05) is 0 Å². The second-order valence-electron chi connectivity index (χ2n) is 3.89. The standard InChI is InChI=1S/C12H10F3N3O3/c13-12(14,15)9-2-1-8(3-7(9)4-16)17-5-10(19)18-6-11(20)21/h1-3,17H,5-6H2,(H,18,19)(H,20,21). The number of nitrogens with zero attached hydrogens (tertiary/aromatic N) is 1. The number of halogens is 3. The molecule has 0 saturated carbocycles. The van der Waals surface area contributed by atoms with Crippen molar-refractivity contribution in [1.29, 1.82) is 5.26 Å². The molecule has 0 atom stereocenters. The van der Waals surface area contributed by atoms with E-state index >= 15 is 0 Å². The predicted molar refractivity (Wildman–Crippen MR) is 65.3 cm³/mol. The Labute approximate surface area is 117 Å². The van der Waals surface area contributed by atoms with E-state index in [1.807, 2.05) is 0 Å². The van der Waals surface area contributed by atoms with E-state index in [0.717, 1.165) is 18.2 Å². The molecule has 0 saturated heterocycles. The first-order chi connectivity index (χ1) is 9.74. The number of carbonyl (C=O) groups excluding carboxylic acids is 1. The minimum atomic E-state index is -4.64. The Morgan fingerprint density at radius 3 is 2.48 bits per heavy atom. The SMILES string of the molecule is N#Cc1cc(NCC(=O)NCC(=O)O)ccc1C(F)(F)F. The van der Waals surface area contributed by atoms with Gasteiger partial charge >= 0.3 is 12.1 Å². The molecule has 0 heterocycles. The molecule has 1 aromatic carbocycles. The predicted octanol–water partition coefficient (Wildman–Crippen LogP) is 1.19. The number of nitrogens with one attached hydrogen (secondary N) is 2. The first-order valence-electron chi connectivity index (χ1n) is 5.57. The summed E-state index contributed by atoms with van der Waals surface area (Å²) in [5.74, 6) is -1.86. The smallest absolute Gasteiger partial charge is 0.417 e. The van der Waals surface area contributed by atoms with Crippen LogP contribution in [0.2, 0.25) is 0 Å². The quantitative estimate of drug-likeness (QED) is 0.758. The van der Waals surface area contributed by atoms with Crippen LogP contribution in [0.15, 0.2) is 18.2 Å². The van der Waals surface area contributed by atoms with Crippen molar-refractivity contribution in [2.75, 3.05) is 18.4 Å². The summed E-state index contributed by atoms with van der Waals surface area (Å²) in [4.78, 5) is 21.4. The maximum Gasteiger partial charge on any atom is 0.417 e. The average molecular weight is 301 g/mol. The number of benzene rings is 1. The lowest BCUT2D eigenvalue weighted by atomic mass is 10.1. The number of nitriles is 1. The van der Waals surface area contributed by atoms with Gasteiger partial charge in [-0.15, -0.1) is 0 Å². The number of carbonyl (C=O) groups is 2. The molecule has 0 fully saturated rings. The third kappa shape index (κ3) is 5.02. The van der Waals surface area contributed by atoms with Crippen LogP contribution in [0.25, 0.3) is 0 Å². The zero-order valence-corrected chi connectivity index (χ0v) is 10.5. The number of hydrogen-bond acceptors (Lipinski definition) is 4. The fourth-order valence-electron chi connectivity index (χ4n) is 1.41. The first-order valence-corrected chi connectivity index (χ1v) is 5.57. The molecule has 6 nitrogen and oxygen atoms in total. The second kappa shape index (κ2) is 6.60. The molecule has 3 N–H and O–H groups in total. The van der Waals surface area contributed by atoms with Crippen LogP contribution in [0.5, 0.6) is 0 Å². The monoisotopic (exact) mass is 301 g/mol. The molecule has 112 valence electrons. The molecular weight excluding hydrogens is 291 g/mol. The first kappa shape index (κ1) is 16.3. The molecule has 9 heteroatoms. The van der Waals surface area contributed by atoms with Crippen LogP contribution in [0.3, 0.4) is 0 Å². The van der Waals surface area contributed by atoms with Gasteiger partial charge in [-0.3, -0.25) is 9.59 Å². The van der Waals surface area contributed by atoms with Crippen molar-refractivity contribution in [2.45, 2.75) is 6.18 Å². The minimum absolute atomic E-state index is 0.144. The van der Waals surface area contributed by atoms with Gasteiger partial charge in [0.1, 0.15) is 6.54 Å². The van der Waals surface area contributed by atoms with E-state index in [0.29, 0.717) is 0 Å². The van der Waals surface area contributed by atoms with Gasteiger partial charge in [0.2, 0.25) is 5.91 Å². The molecular formula is C12H10F3N3O3. The second-order valence-corrected chi connectivity index (χ2v) is 3.89. The summed E-state index contributed by atoms with van der Waals surface area (Å²) in [7, 11) is 0. The molecule has 21 heavy (non-hydrogen) atoms. The molecule has 1 aromatic rings. The molecule has 1 amide bonds. The van der Waals surface area contributed by atoms with Gasteiger partial charge in [-0.25, -0.2) is 0 Å². The van der Waals surface area contributed by atoms with Crippen LogP contribution in [0.1, 0.15) is 11.1 Å². The molecule has 0 bridgehead atoms. The molecule has 0 aliphatic rings. The fourth-order valence-corrected chi connectivity index (χ4v) is 1.41. The zero-order valence-electron chi connectivity index (χ0n) is 10.5. The molecule has 0 unspecified atom stereocenters. The number of carboxylic acid groups (broad SMARTS) is 1. The summed E-state index contributed by atoms with van der Waals surface area (Å²) < 4.78 is 37.7. The maximum atomic E-state index is 12.6. The third-order valence-electron chi connectivity index (χ3n) is 2.34. The molecule has 0 aromatic heterocycles. The Bertz CT molecular complexity index is 594. The van der Waals surface area contributed by atoms with Gasteiger partial charge in [0.05, 0.1) is 23.7 Å². The molecule has 0 radical (unpaired) electrons.